The molecule has 6 nitrogen and oxygen atoms in total. The fourth-order valence-electron chi connectivity index (χ4n) is 1.84. The molecule has 0 saturated carbocycles. The van der Waals surface area contributed by atoms with Crippen LogP contribution in [-0.2, 0) is 28.6 Å². The lowest BCUT2D eigenvalue weighted by atomic mass is 10.1. The van der Waals surface area contributed by atoms with Gasteiger partial charge >= 0.3 is 17.9 Å². The zero-order valence-electron chi connectivity index (χ0n) is 15.4. The normalized spacial score (nSPS) is 12.7. The molecular formula is C18H30O6. The summed E-state index contributed by atoms with van der Waals surface area (Å²) in [7, 11) is 0. The number of hydrogen-bond acceptors (Lipinski definition) is 6. The van der Waals surface area contributed by atoms with E-state index in [4.69, 9.17) is 9.47 Å². The molecule has 0 rings (SSSR count). The number of ether oxygens (including phenoxy) is 3. The molecule has 0 aliphatic carbocycles. The molecule has 0 aliphatic rings. The molecule has 0 aliphatic heterocycles. The van der Waals surface area contributed by atoms with Crippen molar-refractivity contribution in [1.82, 2.24) is 0 Å². The van der Waals surface area contributed by atoms with Crippen molar-refractivity contribution in [3.63, 3.8) is 0 Å². The van der Waals surface area contributed by atoms with Crippen LogP contribution in [0.3, 0.4) is 0 Å². The Balaban J connectivity index is 3.99. The van der Waals surface area contributed by atoms with Crippen molar-refractivity contribution >= 4 is 17.9 Å². The quantitative estimate of drug-likeness (QED) is 0.262. The second-order valence-electron chi connectivity index (χ2n) is 6.62. The van der Waals surface area contributed by atoms with Gasteiger partial charge < -0.3 is 14.2 Å². The highest BCUT2D eigenvalue weighted by molar-refractivity contribution is 5.92. The monoisotopic (exact) mass is 342 g/mol. The molecule has 138 valence electrons. The van der Waals surface area contributed by atoms with Crippen LogP contribution in [0.2, 0.25) is 0 Å². The first-order valence-corrected chi connectivity index (χ1v) is 8.41. The van der Waals surface area contributed by atoms with Crippen molar-refractivity contribution in [3.8, 4) is 0 Å². The van der Waals surface area contributed by atoms with E-state index in [-0.39, 0.29) is 6.10 Å². The minimum absolute atomic E-state index is 0.197. The van der Waals surface area contributed by atoms with Gasteiger partial charge in [-0.25, -0.2) is 14.4 Å². The third-order valence-corrected chi connectivity index (χ3v) is 2.89. The Kier molecular flexibility index (Phi) is 10.8. The van der Waals surface area contributed by atoms with Crippen molar-refractivity contribution in [1.29, 1.82) is 0 Å². The summed E-state index contributed by atoms with van der Waals surface area (Å²) in [6, 6.07) is 0. The first-order chi connectivity index (χ1) is 11.1. The van der Waals surface area contributed by atoms with Crippen LogP contribution >= 0.6 is 0 Å². The summed E-state index contributed by atoms with van der Waals surface area (Å²) in [5, 5.41) is 0. The third-order valence-electron chi connectivity index (χ3n) is 2.89. The average Bonchev–Trinajstić information content (AvgIpc) is 2.45. The molecule has 0 N–H and O–H groups in total. The van der Waals surface area contributed by atoms with Crippen LogP contribution < -0.4 is 0 Å². The van der Waals surface area contributed by atoms with Gasteiger partial charge in [-0.1, -0.05) is 26.2 Å². The molecule has 0 fully saturated rings. The number of hydrogen-bond donors (Lipinski definition) is 0. The van der Waals surface area contributed by atoms with Gasteiger partial charge in [0.2, 0.25) is 0 Å². The zero-order valence-corrected chi connectivity index (χ0v) is 15.4. The molecule has 0 heterocycles. The van der Waals surface area contributed by atoms with E-state index in [1.165, 1.54) is 6.42 Å². The van der Waals surface area contributed by atoms with Crippen molar-refractivity contribution in [3.05, 3.63) is 12.2 Å². The van der Waals surface area contributed by atoms with E-state index in [9.17, 15) is 14.4 Å². The number of carbonyl (C=O) groups is 3. The van der Waals surface area contributed by atoms with Gasteiger partial charge in [-0.05, 0) is 40.5 Å². The van der Waals surface area contributed by atoms with Crippen LogP contribution in [0.25, 0.3) is 0 Å². The van der Waals surface area contributed by atoms with E-state index in [0.717, 1.165) is 37.8 Å². The standard InChI is InChI=1S/C18H30O6/c1-6-7-8-9-10-14(2)23-16(20)12-11-15(19)22-13-17(21)24-18(3,4)5/h11-12,14H,6-10,13H2,1-5H3/b12-11+/t14-/m1/s1. The number of unbranched alkanes of at least 4 members (excludes halogenated alkanes) is 3. The first-order valence-electron chi connectivity index (χ1n) is 8.41. The lowest BCUT2D eigenvalue weighted by molar-refractivity contribution is -0.164. The van der Waals surface area contributed by atoms with E-state index in [0.29, 0.717) is 0 Å². The highest BCUT2D eigenvalue weighted by Crippen LogP contribution is 2.08. The molecule has 0 unspecified atom stereocenters. The van der Waals surface area contributed by atoms with E-state index in [1.54, 1.807) is 20.8 Å². The van der Waals surface area contributed by atoms with Crippen LogP contribution in [0, 0.1) is 0 Å². The van der Waals surface area contributed by atoms with Gasteiger partial charge in [0.25, 0.3) is 0 Å². The molecule has 24 heavy (non-hydrogen) atoms. The second kappa shape index (κ2) is 11.6. The molecule has 0 bridgehead atoms. The lowest BCUT2D eigenvalue weighted by Crippen LogP contribution is -2.27. The Morgan fingerprint density at radius 2 is 1.62 bits per heavy atom. The Hall–Kier alpha value is -1.85. The molecule has 6 heteroatoms. The highest BCUT2D eigenvalue weighted by atomic mass is 16.6. The maximum Gasteiger partial charge on any atom is 0.344 e. The molecule has 0 amide bonds. The zero-order chi connectivity index (χ0) is 18.6. The van der Waals surface area contributed by atoms with Crippen molar-refractivity contribution < 1.29 is 28.6 Å². The fourth-order valence-corrected chi connectivity index (χ4v) is 1.84. The Morgan fingerprint density at radius 1 is 1.00 bits per heavy atom. The Labute approximate surface area is 144 Å². The molecule has 0 spiro atoms. The molecule has 0 saturated heterocycles. The average molecular weight is 342 g/mol. The van der Waals surface area contributed by atoms with E-state index < -0.39 is 30.1 Å². The summed E-state index contributed by atoms with van der Waals surface area (Å²) in [6.07, 6.45) is 6.98. The molecule has 0 aromatic rings. The van der Waals surface area contributed by atoms with Crippen LogP contribution in [0.1, 0.15) is 66.7 Å². The Morgan fingerprint density at radius 3 is 2.21 bits per heavy atom. The summed E-state index contributed by atoms with van der Waals surface area (Å²) in [6.45, 7) is 8.60. The molecule has 0 radical (unpaired) electrons. The van der Waals surface area contributed by atoms with Crippen LogP contribution in [0.15, 0.2) is 12.2 Å². The minimum atomic E-state index is -0.798. The van der Waals surface area contributed by atoms with Crippen molar-refractivity contribution in [2.24, 2.45) is 0 Å². The summed E-state index contributed by atoms with van der Waals surface area (Å²) in [5.41, 5.74) is -0.642. The Bertz CT molecular complexity index is 433. The maximum absolute atomic E-state index is 11.6. The highest BCUT2D eigenvalue weighted by Gasteiger charge is 2.17. The maximum atomic E-state index is 11.6. The van der Waals surface area contributed by atoms with Gasteiger partial charge in [0, 0.05) is 12.2 Å². The smallest absolute Gasteiger partial charge is 0.344 e. The largest absolute Gasteiger partial charge is 0.460 e. The van der Waals surface area contributed by atoms with Crippen molar-refractivity contribution in [2.45, 2.75) is 78.4 Å². The van der Waals surface area contributed by atoms with Gasteiger partial charge in [-0.3, -0.25) is 0 Å². The molecule has 0 aromatic heterocycles. The summed E-state index contributed by atoms with van der Waals surface area (Å²) < 4.78 is 14.8. The minimum Gasteiger partial charge on any atom is -0.460 e. The topological polar surface area (TPSA) is 78.9 Å². The van der Waals surface area contributed by atoms with Crippen molar-refractivity contribution in [2.75, 3.05) is 6.61 Å². The number of carbonyl (C=O) groups excluding carboxylic acids is 3. The lowest BCUT2D eigenvalue weighted by Gasteiger charge is -2.19. The summed E-state index contributed by atoms with van der Waals surface area (Å²) >= 11 is 0. The van der Waals surface area contributed by atoms with Gasteiger partial charge in [-0.2, -0.15) is 0 Å². The molecule has 0 aromatic carbocycles. The van der Waals surface area contributed by atoms with Crippen LogP contribution in [0.5, 0.6) is 0 Å². The molecular weight excluding hydrogens is 312 g/mol. The van der Waals surface area contributed by atoms with Gasteiger partial charge in [-0.15, -0.1) is 0 Å². The predicted octanol–water partition coefficient (Wildman–Crippen LogP) is 3.33. The van der Waals surface area contributed by atoms with Crippen LogP contribution in [0.4, 0.5) is 0 Å². The van der Waals surface area contributed by atoms with Gasteiger partial charge in [0.1, 0.15) is 5.60 Å². The van der Waals surface area contributed by atoms with Gasteiger partial charge in [0.15, 0.2) is 6.61 Å². The fraction of sp³-hybridized carbons (Fsp3) is 0.722. The van der Waals surface area contributed by atoms with Crippen LogP contribution in [-0.4, -0.2) is 36.2 Å². The third kappa shape index (κ3) is 13.8. The molecule has 1 atom stereocenters. The van der Waals surface area contributed by atoms with E-state index in [1.807, 2.05) is 6.92 Å². The van der Waals surface area contributed by atoms with Gasteiger partial charge in [0.05, 0.1) is 6.10 Å². The van der Waals surface area contributed by atoms with E-state index >= 15 is 0 Å². The summed E-state index contributed by atoms with van der Waals surface area (Å²) in [5.74, 6) is -2.05. The predicted molar refractivity (Wildman–Crippen MR) is 90.3 cm³/mol. The summed E-state index contributed by atoms with van der Waals surface area (Å²) in [4.78, 5) is 34.4. The number of rotatable bonds is 10. The number of esters is 3. The second-order valence-corrected chi connectivity index (χ2v) is 6.62. The SMILES string of the molecule is CCCCCC[C@@H](C)OC(=O)/C=C/C(=O)OCC(=O)OC(C)(C)C. The first kappa shape index (κ1) is 22.1. The van der Waals surface area contributed by atoms with E-state index in [2.05, 4.69) is 11.7 Å².